The Kier molecular flexibility index (Phi) is 3.78. The molecule has 1 unspecified atom stereocenters. The fraction of sp³-hybridized carbons (Fsp3) is 0.714. The molecule has 0 saturated carbocycles. The Balaban J connectivity index is 4.02. The summed E-state index contributed by atoms with van der Waals surface area (Å²) in [6.07, 6.45) is 2.07. The van der Waals surface area contributed by atoms with Crippen LogP contribution >= 0.6 is 11.8 Å². The molecule has 0 spiro atoms. The fourth-order valence-electron chi connectivity index (χ4n) is 0.533. The molecule has 0 saturated heterocycles. The van der Waals surface area contributed by atoms with Crippen LogP contribution in [-0.2, 0) is 0 Å². The van der Waals surface area contributed by atoms with Crippen molar-refractivity contribution in [3.05, 3.63) is 11.3 Å². The first-order chi connectivity index (χ1) is 4.09. The van der Waals surface area contributed by atoms with Crippen LogP contribution in [-0.4, -0.2) is 11.5 Å². The lowest BCUT2D eigenvalue weighted by molar-refractivity contribution is 1.04. The smallest absolute Gasteiger partial charge is 0.0411 e. The maximum absolute atomic E-state index is 5.73. The first-order valence-corrected chi connectivity index (χ1v) is 4.34. The third-order valence-electron chi connectivity index (χ3n) is 1.37. The number of rotatable bonds is 2. The molecule has 1 nitrogen and oxygen atoms in total. The summed E-state index contributed by atoms with van der Waals surface area (Å²) in [4.78, 5) is 0. The lowest BCUT2D eigenvalue weighted by atomic mass is 10.2. The van der Waals surface area contributed by atoms with Crippen LogP contribution in [0.5, 0.6) is 0 Å². The molecule has 0 aromatic carbocycles. The van der Waals surface area contributed by atoms with E-state index >= 15 is 0 Å². The lowest BCUT2D eigenvalue weighted by Gasteiger charge is -2.09. The predicted molar refractivity (Wildman–Crippen MR) is 45.5 cm³/mol. The number of hydrogen-bond acceptors (Lipinski definition) is 2. The minimum atomic E-state index is 0.468. The van der Waals surface area contributed by atoms with E-state index in [2.05, 4.69) is 13.2 Å². The van der Waals surface area contributed by atoms with Crippen molar-refractivity contribution in [2.45, 2.75) is 26.0 Å². The summed E-state index contributed by atoms with van der Waals surface area (Å²) in [6, 6.07) is 0. The Morgan fingerprint density at radius 1 is 1.44 bits per heavy atom. The molecule has 9 heavy (non-hydrogen) atoms. The number of thioether (sulfide) groups is 1. The van der Waals surface area contributed by atoms with Crippen LogP contribution in [0.1, 0.15) is 20.8 Å². The van der Waals surface area contributed by atoms with Crippen molar-refractivity contribution in [3.63, 3.8) is 0 Å². The topological polar surface area (TPSA) is 26.0 Å². The molecular formula is C7H15NS. The maximum Gasteiger partial charge on any atom is 0.0411 e. The summed E-state index contributed by atoms with van der Waals surface area (Å²) in [6.45, 7) is 6.21. The van der Waals surface area contributed by atoms with E-state index in [9.17, 15) is 0 Å². The van der Waals surface area contributed by atoms with E-state index in [-0.39, 0.29) is 0 Å². The van der Waals surface area contributed by atoms with Gasteiger partial charge < -0.3 is 5.73 Å². The van der Waals surface area contributed by atoms with Gasteiger partial charge in [-0.25, -0.2) is 0 Å². The van der Waals surface area contributed by atoms with Crippen LogP contribution in [0.2, 0.25) is 0 Å². The average Bonchev–Trinajstić information content (AvgIpc) is 1.84. The van der Waals surface area contributed by atoms with Crippen molar-refractivity contribution in [1.29, 1.82) is 0 Å². The molecule has 0 fully saturated rings. The fourth-order valence-corrected chi connectivity index (χ4v) is 1.02. The highest BCUT2D eigenvalue weighted by Crippen LogP contribution is 2.13. The predicted octanol–water partition coefficient (Wildman–Crippen LogP) is 1.99. The van der Waals surface area contributed by atoms with Crippen molar-refractivity contribution in [3.8, 4) is 0 Å². The highest BCUT2D eigenvalue weighted by molar-refractivity contribution is 7.99. The summed E-state index contributed by atoms with van der Waals surface area (Å²) in [5.41, 5.74) is 7.98. The van der Waals surface area contributed by atoms with Crippen LogP contribution < -0.4 is 5.73 Å². The molecule has 0 amide bonds. The van der Waals surface area contributed by atoms with E-state index in [0.717, 1.165) is 5.70 Å². The first-order valence-electron chi connectivity index (χ1n) is 3.05. The summed E-state index contributed by atoms with van der Waals surface area (Å²) in [7, 11) is 0. The monoisotopic (exact) mass is 145 g/mol. The third kappa shape index (κ3) is 2.80. The molecule has 54 valence electrons. The number of allylic oxidation sites excluding steroid dienone is 1. The summed E-state index contributed by atoms with van der Waals surface area (Å²) in [5.74, 6) is 0. The normalized spacial score (nSPS) is 12.9. The van der Waals surface area contributed by atoms with Crippen LogP contribution in [0.4, 0.5) is 0 Å². The highest BCUT2D eigenvalue weighted by Gasteiger charge is 2.02. The zero-order valence-corrected chi connectivity index (χ0v) is 7.38. The zero-order chi connectivity index (χ0) is 7.44. The van der Waals surface area contributed by atoms with Gasteiger partial charge in [0.05, 0.1) is 0 Å². The molecule has 2 heteroatoms. The van der Waals surface area contributed by atoms with Crippen LogP contribution in [0.25, 0.3) is 0 Å². The second kappa shape index (κ2) is 3.83. The molecule has 0 heterocycles. The van der Waals surface area contributed by atoms with Crippen molar-refractivity contribution in [1.82, 2.24) is 0 Å². The Labute approximate surface area is 61.7 Å². The minimum absolute atomic E-state index is 0.468. The Bertz CT molecular complexity index is 114. The van der Waals surface area contributed by atoms with Gasteiger partial charge in [-0.15, -0.1) is 0 Å². The molecule has 0 rings (SSSR count). The van der Waals surface area contributed by atoms with Gasteiger partial charge in [0.25, 0.3) is 0 Å². The Morgan fingerprint density at radius 2 is 1.89 bits per heavy atom. The molecule has 0 aromatic rings. The summed E-state index contributed by atoms with van der Waals surface area (Å²) >= 11 is 1.78. The first kappa shape index (κ1) is 8.89. The van der Waals surface area contributed by atoms with E-state index < -0.39 is 0 Å². The Morgan fingerprint density at radius 3 is 2.00 bits per heavy atom. The minimum Gasteiger partial charge on any atom is -0.401 e. The zero-order valence-electron chi connectivity index (χ0n) is 6.56. The van der Waals surface area contributed by atoms with Gasteiger partial charge in [0.1, 0.15) is 0 Å². The van der Waals surface area contributed by atoms with Gasteiger partial charge in [0.15, 0.2) is 0 Å². The largest absolute Gasteiger partial charge is 0.401 e. The van der Waals surface area contributed by atoms with E-state index in [0.29, 0.717) is 5.25 Å². The third-order valence-corrected chi connectivity index (χ3v) is 2.33. The van der Waals surface area contributed by atoms with Crippen LogP contribution in [0, 0.1) is 0 Å². The van der Waals surface area contributed by atoms with Gasteiger partial charge in [-0.2, -0.15) is 11.8 Å². The molecular weight excluding hydrogens is 130 g/mol. The lowest BCUT2D eigenvalue weighted by Crippen LogP contribution is -2.11. The summed E-state index contributed by atoms with van der Waals surface area (Å²) in [5, 5.41) is 0.468. The molecule has 2 N–H and O–H groups in total. The second-order valence-corrected chi connectivity index (χ2v) is 3.51. The van der Waals surface area contributed by atoms with E-state index in [1.54, 1.807) is 11.8 Å². The molecule has 0 radical (unpaired) electrons. The SMILES string of the molecule is CSC(C)C(N)=C(C)C. The molecule has 1 atom stereocenters. The Hall–Kier alpha value is -0.110. The molecule has 0 aliphatic rings. The van der Waals surface area contributed by atoms with E-state index in [4.69, 9.17) is 5.73 Å². The van der Waals surface area contributed by atoms with Gasteiger partial charge in [-0.05, 0) is 27.0 Å². The van der Waals surface area contributed by atoms with Crippen molar-refractivity contribution >= 4 is 11.8 Å². The van der Waals surface area contributed by atoms with Gasteiger partial charge in [0.2, 0.25) is 0 Å². The number of nitrogens with two attached hydrogens (primary N) is 1. The molecule has 0 aromatic heterocycles. The second-order valence-electron chi connectivity index (χ2n) is 2.33. The molecule has 0 bridgehead atoms. The average molecular weight is 145 g/mol. The van der Waals surface area contributed by atoms with Gasteiger partial charge in [0, 0.05) is 10.9 Å². The number of hydrogen-bond donors (Lipinski definition) is 1. The van der Waals surface area contributed by atoms with Gasteiger partial charge in [-0.1, -0.05) is 5.57 Å². The molecule has 0 aliphatic heterocycles. The van der Waals surface area contributed by atoms with E-state index in [1.807, 2.05) is 13.8 Å². The summed E-state index contributed by atoms with van der Waals surface area (Å²) < 4.78 is 0. The quantitative estimate of drug-likeness (QED) is 0.643. The highest BCUT2D eigenvalue weighted by atomic mass is 32.2. The van der Waals surface area contributed by atoms with Crippen molar-refractivity contribution in [2.24, 2.45) is 5.73 Å². The van der Waals surface area contributed by atoms with Crippen LogP contribution in [0.3, 0.4) is 0 Å². The van der Waals surface area contributed by atoms with Crippen LogP contribution in [0.15, 0.2) is 11.3 Å². The van der Waals surface area contributed by atoms with E-state index in [1.165, 1.54) is 5.57 Å². The van der Waals surface area contributed by atoms with Gasteiger partial charge >= 0.3 is 0 Å². The molecule has 0 aliphatic carbocycles. The maximum atomic E-state index is 5.73. The van der Waals surface area contributed by atoms with Crippen molar-refractivity contribution in [2.75, 3.05) is 6.26 Å². The standard InChI is InChI=1S/C7H15NS/c1-5(2)7(8)6(3)9-4/h6H,8H2,1-4H3. The van der Waals surface area contributed by atoms with Gasteiger partial charge in [-0.3, -0.25) is 0 Å². The van der Waals surface area contributed by atoms with Crippen molar-refractivity contribution < 1.29 is 0 Å².